The quantitative estimate of drug-likeness (QED) is 0.800. The zero-order valence-electron chi connectivity index (χ0n) is 6.65. The van der Waals surface area contributed by atoms with Crippen LogP contribution in [0.15, 0.2) is 15.3 Å². The molecule has 0 saturated heterocycles. The first-order valence-corrected chi connectivity index (χ1v) is 4.53. The van der Waals surface area contributed by atoms with Crippen molar-refractivity contribution in [1.82, 2.24) is 10.3 Å². The molecule has 13 heavy (non-hydrogen) atoms. The van der Waals surface area contributed by atoms with Crippen molar-refractivity contribution in [2.45, 2.75) is 0 Å². The molecular formula is C7H6BrClN2O2. The van der Waals surface area contributed by atoms with Gasteiger partial charge in [0, 0.05) is 7.05 Å². The number of hydrogen-bond acceptors (Lipinski definition) is 2. The number of rotatable bonds is 1. The number of aromatic amines is 1. The molecule has 0 atom stereocenters. The Morgan fingerprint density at radius 1 is 1.69 bits per heavy atom. The summed E-state index contributed by atoms with van der Waals surface area (Å²) in [5, 5.41) is 2.56. The maximum absolute atomic E-state index is 11.1. The van der Waals surface area contributed by atoms with Gasteiger partial charge in [-0.15, -0.1) is 0 Å². The molecule has 1 rings (SSSR count). The van der Waals surface area contributed by atoms with E-state index in [1.807, 2.05) is 0 Å². The third-order valence-electron chi connectivity index (χ3n) is 1.40. The monoisotopic (exact) mass is 264 g/mol. The number of pyridine rings is 1. The van der Waals surface area contributed by atoms with Crippen molar-refractivity contribution >= 4 is 33.4 Å². The van der Waals surface area contributed by atoms with Crippen molar-refractivity contribution in [3.8, 4) is 0 Å². The maximum Gasteiger partial charge on any atom is 0.269 e. The van der Waals surface area contributed by atoms with E-state index in [0.717, 1.165) is 0 Å². The largest absolute Gasteiger partial charge is 0.354 e. The van der Waals surface area contributed by atoms with Gasteiger partial charge in [-0.2, -0.15) is 0 Å². The third-order valence-corrected chi connectivity index (χ3v) is 2.29. The molecule has 6 heteroatoms. The Labute approximate surface area is 87.4 Å². The number of aromatic nitrogens is 1. The van der Waals surface area contributed by atoms with Gasteiger partial charge in [-0.25, -0.2) is 0 Å². The molecule has 4 nitrogen and oxygen atoms in total. The van der Waals surface area contributed by atoms with Crippen molar-refractivity contribution in [3.63, 3.8) is 0 Å². The molecule has 1 heterocycles. The molecule has 0 aromatic carbocycles. The highest BCUT2D eigenvalue weighted by atomic mass is 79.9. The highest BCUT2D eigenvalue weighted by molar-refractivity contribution is 9.10. The lowest BCUT2D eigenvalue weighted by Gasteiger charge is -2.01. The van der Waals surface area contributed by atoms with Gasteiger partial charge in [0.15, 0.2) is 0 Å². The predicted molar refractivity (Wildman–Crippen MR) is 53.2 cm³/mol. The molecule has 0 aliphatic carbocycles. The van der Waals surface area contributed by atoms with Crippen LogP contribution in [0.25, 0.3) is 0 Å². The molecular weight excluding hydrogens is 259 g/mol. The number of nitrogens with one attached hydrogen (secondary N) is 2. The lowest BCUT2D eigenvalue weighted by atomic mass is 10.3. The number of H-pyrrole nitrogens is 1. The molecule has 0 saturated carbocycles. The van der Waals surface area contributed by atoms with Gasteiger partial charge in [0.05, 0.1) is 9.50 Å². The third kappa shape index (κ3) is 2.10. The Morgan fingerprint density at radius 3 is 2.85 bits per heavy atom. The highest BCUT2D eigenvalue weighted by Crippen LogP contribution is 2.15. The summed E-state index contributed by atoms with van der Waals surface area (Å²) in [6, 6.07) is 1.38. The van der Waals surface area contributed by atoms with E-state index in [9.17, 15) is 9.59 Å². The molecule has 1 aromatic heterocycles. The van der Waals surface area contributed by atoms with E-state index in [0.29, 0.717) is 4.47 Å². The van der Waals surface area contributed by atoms with Gasteiger partial charge in [-0.3, -0.25) is 9.59 Å². The van der Waals surface area contributed by atoms with Crippen molar-refractivity contribution < 1.29 is 4.79 Å². The molecule has 0 fully saturated rings. The lowest BCUT2D eigenvalue weighted by Crippen LogP contribution is -2.23. The van der Waals surface area contributed by atoms with E-state index in [-0.39, 0.29) is 16.3 Å². The Bertz CT molecular complexity index is 402. The first-order valence-electron chi connectivity index (χ1n) is 3.36. The van der Waals surface area contributed by atoms with Crippen LogP contribution in [0.1, 0.15) is 10.5 Å². The molecule has 0 aliphatic heterocycles. The van der Waals surface area contributed by atoms with Crippen LogP contribution >= 0.6 is 27.5 Å². The second-order valence-corrected chi connectivity index (χ2v) is 3.51. The van der Waals surface area contributed by atoms with Gasteiger partial charge in [-0.1, -0.05) is 11.6 Å². The summed E-state index contributed by atoms with van der Waals surface area (Å²) in [7, 11) is 1.46. The summed E-state index contributed by atoms with van der Waals surface area (Å²) in [5.74, 6) is -0.422. The van der Waals surface area contributed by atoms with Gasteiger partial charge >= 0.3 is 0 Å². The standard InChI is InChI=1S/C7H6BrClN2O2/c1-10-7(13)5-4(9)2-3(8)6(12)11-5/h2H,1H3,(H,10,13)(H,11,12). The summed E-state index contributed by atoms with van der Waals surface area (Å²) in [6.07, 6.45) is 0. The molecule has 0 radical (unpaired) electrons. The van der Waals surface area contributed by atoms with Crippen LogP contribution < -0.4 is 10.9 Å². The van der Waals surface area contributed by atoms with Crippen LogP contribution in [0.4, 0.5) is 0 Å². The van der Waals surface area contributed by atoms with E-state index in [1.165, 1.54) is 13.1 Å². The van der Waals surface area contributed by atoms with Crippen molar-refractivity contribution in [2.75, 3.05) is 7.05 Å². The predicted octanol–water partition coefficient (Wildman–Crippen LogP) is 1.15. The average molecular weight is 265 g/mol. The smallest absolute Gasteiger partial charge is 0.269 e. The molecule has 2 N–H and O–H groups in total. The van der Waals surface area contributed by atoms with E-state index in [2.05, 4.69) is 26.2 Å². The number of carbonyl (C=O) groups is 1. The van der Waals surface area contributed by atoms with E-state index >= 15 is 0 Å². The Balaban J connectivity index is 3.32. The van der Waals surface area contributed by atoms with Crippen LogP contribution in [0.2, 0.25) is 5.02 Å². The summed E-state index contributed by atoms with van der Waals surface area (Å²) in [5.41, 5.74) is -0.319. The van der Waals surface area contributed by atoms with Crippen molar-refractivity contribution in [3.05, 3.63) is 31.6 Å². The Hall–Kier alpha value is -0.810. The summed E-state index contributed by atoms with van der Waals surface area (Å²) >= 11 is 8.71. The minimum Gasteiger partial charge on any atom is -0.354 e. The maximum atomic E-state index is 11.1. The summed E-state index contributed by atoms with van der Waals surface area (Å²) in [6.45, 7) is 0. The SMILES string of the molecule is CNC(=O)c1[nH]c(=O)c(Br)cc1Cl. The fraction of sp³-hybridized carbons (Fsp3) is 0.143. The fourth-order valence-electron chi connectivity index (χ4n) is 0.772. The minimum absolute atomic E-state index is 0.0670. The van der Waals surface area contributed by atoms with Crippen LogP contribution in [-0.4, -0.2) is 17.9 Å². The number of amides is 1. The number of carbonyl (C=O) groups excluding carboxylic acids is 1. The summed E-state index contributed by atoms with van der Waals surface area (Å²) < 4.78 is 0.296. The Morgan fingerprint density at radius 2 is 2.31 bits per heavy atom. The van der Waals surface area contributed by atoms with E-state index < -0.39 is 5.91 Å². The lowest BCUT2D eigenvalue weighted by molar-refractivity contribution is 0.0958. The first kappa shape index (κ1) is 10.3. The van der Waals surface area contributed by atoms with Gasteiger partial charge < -0.3 is 10.3 Å². The highest BCUT2D eigenvalue weighted by Gasteiger charge is 2.11. The van der Waals surface area contributed by atoms with Crippen molar-refractivity contribution in [2.24, 2.45) is 0 Å². The van der Waals surface area contributed by atoms with Gasteiger partial charge in [-0.05, 0) is 22.0 Å². The average Bonchev–Trinajstić information content (AvgIpc) is 2.10. The van der Waals surface area contributed by atoms with Gasteiger partial charge in [0.2, 0.25) is 0 Å². The van der Waals surface area contributed by atoms with Crippen LogP contribution in [0.5, 0.6) is 0 Å². The van der Waals surface area contributed by atoms with Gasteiger partial charge in [0.25, 0.3) is 11.5 Å². The fourth-order valence-corrected chi connectivity index (χ4v) is 1.47. The zero-order valence-corrected chi connectivity index (χ0v) is 8.99. The molecule has 0 unspecified atom stereocenters. The van der Waals surface area contributed by atoms with Crippen LogP contribution in [0.3, 0.4) is 0 Å². The van der Waals surface area contributed by atoms with E-state index in [1.54, 1.807) is 0 Å². The molecule has 1 aromatic rings. The molecule has 0 spiro atoms. The minimum atomic E-state index is -0.422. The zero-order chi connectivity index (χ0) is 10.0. The van der Waals surface area contributed by atoms with E-state index in [4.69, 9.17) is 11.6 Å². The normalized spacial score (nSPS) is 9.77. The number of hydrogen-bond donors (Lipinski definition) is 2. The van der Waals surface area contributed by atoms with Crippen LogP contribution in [0, 0.1) is 0 Å². The molecule has 1 amide bonds. The second kappa shape index (κ2) is 3.93. The van der Waals surface area contributed by atoms with Crippen LogP contribution in [-0.2, 0) is 0 Å². The number of halogens is 2. The summed E-state index contributed by atoms with van der Waals surface area (Å²) in [4.78, 5) is 24.5. The topological polar surface area (TPSA) is 62.0 Å². The van der Waals surface area contributed by atoms with Crippen molar-refractivity contribution in [1.29, 1.82) is 0 Å². The molecule has 0 bridgehead atoms. The molecule has 0 aliphatic rings. The second-order valence-electron chi connectivity index (χ2n) is 2.25. The Kier molecular flexibility index (Phi) is 3.11. The molecule has 70 valence electrons. The first-order chi connectivity index (χ1) is 6.06. The van der Waals surface area contributed by atoms with Gasteiger partial charge in [0.1, 0.15) is 5.69 Å².